The minimum absolute atomic E-state index is 0.0160. The second-order valence-electron chi connectivity index (χ2n) is 5.93. The van der Waals surface area contributed by atoms with Gasteiger partial charge < -0.3 is 9.84 Å². The smallest absolute Gasteiger partial charge is 0.257 e. The summed E-state index contributed by atoms with van der Waals surface area (Å²) >= 11 is 6.09. The third-order valence-electron chi connectivity index (χ3n) is 3.91. The van der Waals surface area contributed by atoms with Crippen molar-refractivity contribution in [1.82, 2.24) is 10.5 Å². The molecule has 0 radical (unpaired) electrons. The fourth-order valence-electron chi connectivity index (χ4n) is 2.60. The zero-order chi connectivity index (χ0) is 17.7. The fraction of sp³-hybridized carbons (Fsp3) is 0.444. The highest BCUT2D eigenvalue weighted by Crippen LogP contribution is 2.33. The first-order valence-electron chi connectivity index (χ1n) is 8.17. The summed E-state index contributed by atoms with van der Waals surface area (Å²) in [5, 5.41) is 6.97. The highest BCUT2D eigenvalue weighted by Gasteiger charge is 2.25. The van der Waals surface area contributed by atoms with Crippen LogP contribution in [0.25, 0.3) is 11.3 Å². The molecule has 4 nitrogen and oxygen atoms in total. The van der Waals surface area contributed by atoms with E-state index in [4.69, 9.17) is 16.1 Å². The monoisotopic (exact) mass is 352 g/mol. The second kappa shape index (κ2) is 8.29. The third-order valence-corrected chi connectivity index (χ3v) is 4.22. The van der Waals surface area contributed by atoms with Gasteiger partial charge in [-0.3, -0.25) is 4.79 Å². The van der Waals surface area contributed by atoms with Crippen LogP contribution in [-0.2, 0) is 0 Å². The maximum Gasteiger partial charge on any atom is 0.257 e. The summed E-state index contributed by atoms with van der Waals surface area (Å²) in [6.07, 6.45) is 4.19. The number of nitrogens with zero attached hydrogens (tertiary/aromatic N) is 1. The Morgan fingerprint density at radius 3 is 2.83 bits per heavy atom. The van der Waals surface area contributed by atoms with E-state index in [0.29, 0.717) is 5.76 Å². The highest BCUT2D eigenvalue weighted by molar-refractivity contribution is 6.33. The molecule has 1 heterocycles. The van der Waals surface area contributed by atoms with E-state index >= 15 is 0 Å². The van der Waals surface area contributed by atoms with E-state index in [1.807, 2.05) is 6.92 Å². The molecule has 1 aromatic heterocycles. The van der Waals surface area contributed by atoms with Gasteiger partial charge in [0.15, 0.2) is 0 Å². The predicted octanol–water partition coefficient (Wildman–Crippen LogP) is 5.14. The van der Waals surface area contributed by atoms with Gasteiger partial charge in [-0.15, -0.1) is 0 Å². The molecule has 6 heteroatoms. The second-order valence-corrected chi connectivity index (χ2v) is 6.34. The van der Waals surface area contributed by atoms with E-state index in [1.54, 1.807) is 13.0 Å². The molecule has 0 saturated carbocycles. The molecular weight excluding hydrogens is 331 g/mol. The Morgan fingerprint density at radius 1 is 1.42 bits per heavy atom. The Kier molecular flexibility index (Phi) is 6.37. The zero-order valence-electron chi connectivity index (χ0n) is 14.2. The van der Waals surface area contributed by atoms with Crippen molar-refractivity contribution in [3.05, 3.63) is 40.4 Å². The van der Waals surface area contributed by atoms with Crippen molar-refractivity contribution in [2.45, 2.75) is 52.5 Å². The van der Waals surface area contributed by atoms with Crippen LogP contribution < -0.4 is 5.32 Å². The molecule has 0 fully saturated rings. The summed E-state index contributed by atoms with van der Waals surface area (Å²) in [6, 6.07) is 4.35. The number of benzene rings is 1. The van der Waals surface area contributed by atoms with Crippen molar-refractivity contribution in [1.29, 1.82) is 0 Å². The summed E-state index contributed by atoms with van der Waals surface area (Å²) in [5.74, 6) is -0.532. The number of aromatic nitrogens is 1. The van der Waals surface area contributed by atoms with Gasteiger partial charge in [0, 0.05) is 6.04 Å². The van der Waals surface area contributed by atoms with Crippen LogP contribution in [0.3, 0.4) is 0 Å². The number of unbranched alkanes of at least 4 members (excludes halogenated alkanes) is 2. The average molecular weight is 353 g/mol. The van der Waals surface area contributed by atoms with Gasteiger partial charge in [-0.25, -0.2) is 4.39 Å². The maximum absolute atomic E-state index is 14.2. The van der Waals surface area contributed by atoms with Crippen LogP contribution in [-0.4, -0.2) is 17.1 Å². The molecule has 2 rings (SSSR count). The molecule has 0 bridgehead atoms. The van der Waals surface area contributed by atoms with Crippen LogP contribution in [0.15, 0.2) is 22.7 Å². The van der Waals surface area contributed by atoms with Crippen molar-refractivity contribution in [3.8, 4) is 11.3 Å². The van der Waals surface area contributed by atoms with Crippen molar-refractivity contribution in [3.63, 3.8) is 0 Å². The van der Waals surface area contributed by atoms with Crippen molar-refractivity contribution in [2.75, 3.05) is 0 Å². The summed E-state index contributed by atoms with van der Waals surface area (Å²) in [5.41, 5.74) is 0.443. The molecule has 1 aromatic carbocycles. The molecule has 24 heavy (non-hydrogen) atoms. The number of aryl methyl sites for hydroxylation is 1. The molecule has 1 unspecified atom stereocenters. The standard InChI is InChI=1S/C18H22ClFN2O2/c1-4-5-6-8-11(2)21-18(23)15-12(3)24-22-17(15)16-13(19)9-7-10-14(16)20/h7,9-11H,4-6,8H2,1-3H3,(H,21,23). The van der Waals surface area contributed by atoms with Gasteiger partial charge in [0.05, 0.1) is 10.6 Å². The molecule has 0 spiro atoms. The molecule has 2 aromatic rings. The minimum atomic E-state index is -0.541. The van der Waals surface area contributed by atoms with E-state index in [9.17, 15) is 9.18 Å². The molecule has 1 amide bonds. The molecular formula is C18H22ClFN2O2. The van der Waals surface area contributed by atoms with Gasteiger partial charge in [0.25, 0.3) is 5.91 Å². The number of carbonyl (C=O) groups excluding carboxylic acids is 1. The van der Waals surface area contributed by atoms with E-state index in [1.165, 1.54) is 12.1 Å². The summed E-state index contributed by atoms with van der Waals surface area (Å²) < 4.78 is 19.3. The molecule has 0 saturated heterocycles. The number of hydrogen-bond acceptors (Lipinski definition) is 3. The molecule has 0 aliphatic rings. The lowest BCUT2D eigenvalue weighted by molar-refractivity contribution is 0.0937. The quantitative estimate of drug-likeness (QED) is 0.702. The molecule has 1 N–H and O–H groups in total. The first-order valence-corrected chi connectivity index (χ1v) is 8.55. The number of carbonyl (C=O) groups is 1. The number of hydrogen-bond donors (Lipinski definition) is 1. The third kappa shape index (κ3) is 4.15. The van der Waals surface area contributed by atoms with Crippen LogP contribution in [0.1, 0.15) is 55.6 Å². The van der Waals surface area contributed by atoms with E-state index in [2.05, 4.69) is 17.4 Å². The van der Waals surface area contributed by atoms with Crippen molar-refractivity contribution < 1.29 is 13.7 Å². The van der Waals surface area contributed by atoms with E-state index < -0.39 is 5.82 Å². The minimum Gasteiger partial charge on any atom is -0.360 e. The van der Waals surface area contributed by atoms with Crippen LogP contribution in [0.4, 0.5) is 4.39 Å². The van der Waals surface area contributed by atoms with Gasteiger partial charge in [-0.1, -0.05) is 49.0 Å². The largest absolute Gasteiger partial charge is 0.360 e. The van der Waals surface area contributed by atoms with Crippen molar-refractivity contribution >= 4 is 17.5 Å². The Labute approximate surface area is 146 Å². The van der Waals surface area contributed by atoms with E-state index in [-0.39, 0.29) is 33.8 Å². The first kappa shape index (κ1) is 18.5. The lowest BCUT2D eigenvalue weighted by atomic mass is 10.0. The fourth-order valence-corrected chi connectivity index (χ4v) is 2.86. The number of rotatable bonds is 7. The van der Waals surface area contributed by atoms with Gasteiger partial charge in [0.2, 0.25) is 0 Å². The first-order chi connectivity index (χ1) is 11.5. The molecule has 130 valence electrons. The van der Waals surface area contributed by atoms with Gasteiger partial charge in [-0.2, -0.15) is 0 Å². The Balaban J connectivity index is 2.25. The highest BCUT2D eigenvalue weighted by atomic mass is 35.5. The lowest BCUT2D eigenvalue weighted by Crippen LogP contribution is -2.33. The van der Waals surface area contributed by atoms with E-state index in [0.717, 1.165) is 25.7 Å². The number of halogens is 2. The van der Waals surface area contributed by atoms with Crippen LogP contribution in [0.5, 0.6) is 0 Å². The Morgan fingerprint density at radius 2 is 2.17 bits per heavy atom. The Hall–Kier alpha value is -1.88. The van der Waals surface area contributed by atoms with Gasteiger partial charge in [0.1, 0.15) is 22.8 Å². The van der Waals surface area contributed by atoms with Gasteiger partial charge in [-0.05, 0) is 32.4 Å². The SMILES string of the molecule is CCCCCC(C)NC(=O)c1c(-c2c(F)cccc2Cl)noc1C. The summed E-state index contributed by atoms with van der Waals surface area (Å²) in [4.78, 5) is 12.6. The average Bonchev–Trinajstić information content (AvgIpc) is 2.89. The number of nitrogens with one attached hydrogen (secondary N) is 1. The summed E-state index contributed by atoms with van der Waals surface area (Å²) in [6.45, 7) is 5.71. The molecule has 0 aliphatic heterocycles. The van der Waals surface area contributed by atoms with Crippen molar-refractivity contribution in [2.24, 2.45) is 0 Å². The van der Waals surface area contributed by atoms with Crippen LogP contribution in [0.2, 0.25) is 5.02 Å². The van der Waals surface area contributed by atoms with Gasteiger partial charge >= 0.3 is 0 Å². The normalized spacial score (nSPS) is 12.2. The zero-order valence-corrected chi connectivity index (χ0v) is 14.9. The van der Waals surface area contributed by atoms with Crippen LogP contribution >= 0.6 is 11.6 Å². The number of amides is 1. The Bertz CT molecular complexity index is 695. The molecule has 0 aliphatic carbocycles. The molecule has 1 atom stereocenters. The lowest BCUT2D eigenvalue weighted by Gasteiger charge is -2.14. The predicted molar refractivity (Wildman–Crippen MR) is 92.7 cm³/mol. The van der Waals surface area contributed by atoms with Crippen LogP contribution in [0, 0.1) is 12.7 Å². The summed E-state index contributed by atoms with van der Waals surface area (Å²) in [7, 11) is 0. The maximum atomic E-state index is 14.2. The topological polar surface area (TPSA) is 55.1 Å².